The van der Waals surface area contributed by atoms with Gasteiger partial charge in [0.25, 0.3) is 0 Å². The van der Waals surface area contributed by atoms with Gasteiger partial charge < -0.3 is 0 Å². The van der Waals surface area contributed by atoms with Gasteiger partial charge in [0.1, 0.15) is 0 Å². The van der Waals surface area contributed by atoms with Crippen LogP contribution in [-0.4, -0.2) is 55.2 Å². The van der Waals surface area contributed by atoms with Crippen LogP contribution < -0.4 is 0 Å². The molecule has 0 saturated carbocycles. The van der Waals surface area contributed by atoms with E-state index < -0.39 is 42.5 Å². The molecular weight excluding hydrogens is 509 g/mol. The van der Waals surface area contributed by atoms with E-state index in [0.717, 1.165) is 0 Å². The van der Waals surface area contributed by atoms with Gasteiger partial charge >= 0.3 is 157 Å². The molecule has 1 fully saturated rings. The molecule has 1 heterocycles. The van der Waals surface area contributed by atoms with Crippen LogP contribution in [0, 0.1) is 0 Å². The standard InChI is InChI=1S/C15H23O8.Hg/c1-8(2)20-14-6-12(21-10(4)17)15(22-11(5)18)13(23-14)7-19-9(3)16;/h6,8,12-15H,7H2,1-5H3;/q;+1. The summed E-state index contributed by atoms with van der Waals surface area (Å²) < 4.78 is 27.2. The normalized spacial score (nSPS) is 29.9. The number of carbonyl (C=O) groups excluding carboxylic acids is 3. The van der Waals surface area contributed by atoms with Crippen molar-refractivity contribution in [3.8, 4) is 0 Å². The van der Waals surface area contributed by atoms with Gasteiger partial charge in [-0.1, -0.05) is 0 Å². The molecule has 8 nitrogen and oxygen atoms in total. The van der Waals surface area contributed by atoms with Crippen molar-refractivity contribution in [2.24, 2.45) is 0 Å². The summed E-state index contributed by atoms with van der Waals surface area (Å²) in [5.74, 6) is -1.50. The molecule has 1 saturated heterocycles. The third kappa shape index (κ3) is 6.64. The van der Waals surface area contributed by atoms with Crippen LogP contribution in [0.5, 0.6) is 0 Å². The molecule has 0 aromatic rings. The van der Waals surface area contributed by atoms with E-state index in [4.69, 9.17) is 23.7 Å². The first-order chi connectivity index (χ1) is 11.1. The van der Waals surface area contributed by atoms with Crippen molar-refractivity contribution in [3.05, 3.63) is 0 Å². The van der Waals surface area contributed by atoms with Gasteiger partial charge in [0.15, 0.2) is 0 Å². The Hall–Kier alpha value is -0.735. The summed E-state index contributed by atoms with van der Waals surface area (Å²) in [5, 5.41) is 0. The molecule has 0 aliphatic carbocycles. The van der Waals surface area contributed by atoms with Gasteiger partial charge in [0, 0.05) is 0 Å². The average Bonchev–Trinajstić information content (AvgIpc) is 2.42. The van der Waals surface area contributed by atoms with Crippen LogP contribution in [0.3, 0.4) is 0 Å². The Balaban J connectivity index is 3.06. The molecule has 0 radical (unpaired) electrons. The molecular formula is C15H23HgO8+. The molecule has 5 atom stereocenters. The first-order valence-electron chi connectivity index (χ1n) is 7.73. The van der Waals surface area contributed by atoms with E-state index in [-0.39, 0.29) is 42.3 Å². The average molecular weight is 532 g/mol. The quantitative estimate of drug-likeness (QED) is 0.283. The summed E-state index contributed by atoms with van der Waals surface area (Å²) >= 11 is 0.104. The Morgan fingerprint density at radius 2 is 1.54 bits per heavy atom. The molecule has 24 heavy (non-hydrogen) atoms. The van der Waals surface area contributed by atoms with Gasteiger partial charge in [-0.25, -0.2) is 0 Å². The summed E-state index contributed by atoms with van der Waals surface area (Å²) in [7, 11) is 0. The molecule has 0 aromatic heterocycles. The van der Waals surface area contributed by atoms with Gasteiger partial charge in [-0.05, 0) is 0 Å². The first-order valence-corrected chi connectivity index (χ1v) is 10.9. The number of hydrogen-bond donors (Lipinski definition) is 0. The molecule has 0 bridgehead atoms. The molecule has 132 valence electrons. The minimum absolute atomic E-state index is 0.0984. The topological polar surface area (TPSA) is 97.4 Å². The van der Waals surface area contributed by atoms with Gasteiger partial charge in [-0.2, -0.15) is 0 Å². The number of hydrogen-bond acceptors (Lipinski definition) is 8. The Morgan fingerprint density at radius 1 is 1.00 bits per heavy atom. The summed E-state index contributed by atoms with van der Waals surface area (Å²) in [5.41, 5.74) is 0. The molecule has 0 spiro atoms. The van der Waals surface area contributed by atoms with Crippen LogP contribution in [0.1, 0.15) is 34.6 Å². The van der Waals surface area contributed by atoms with Crippen LogP contribution in [0.15, 0.2) is 0 Å². The molecule has 1 aliphatic rings. The van der Waals surface area contributed by atoms with Gasteiger partial charge in [-0.3, -0.25) is 0 Å². The number of esters is 3. The zero-order chi connectivity index (χ0) is 18.4. The Bertz CT molecular complexity index is 466. The maximum atomic E-state index is 11.5. The summed E-state index contributed by atoms with van der Waals surface area (Å²) in [6, 6.07) is 0. The Labute approximate surface area is 157 Å². The van der Waals surface area contributed by atoms with Crippen molar-refractivity contribution in [1.82, 2.24) is 0 Å². The zero-order valence-corrected chi connectivity index (χ0v) is 20.1. The second kappa shape index (κ2) is 9.67. The molecule has 1 rings (SSSR count). The summed E-state index contributed by atoms with van der Waals surface area (Å²) in [6.45, 7) is 7.43. The van der Waals surface area contributed by atoms with Gasteiger partial charge in [0.05, 0.1) is 0 Å². The number of ether oxygens (including phenoxy) is 5. The van der Waals surface area contributed by atoms with Crippen molar-refractivity contribution in [3.63, 3.8) is 0 Å². The summed E-state index contributed by atoms with van der Waals surface area (Å²) in [6.07, 6.45) is -3.01. The van der Waals surface area contributed by atoms with Crippen molar-refractivity contribution < 1.29 is 64.2 Å². The monoisotopic (exact) mass is 533 g/mol. The first kappa shape index (κ1) is 21.3. The molecule has 0 aromatic carbocycles. The number of rotatable bonds is 6. The van der Waals surface area contributed by atoms with E-state index in [0.29, 0.717) is 0 Å². The van der Waals surface area contributed by atoms with Crippen LogP contribution in [0.2, 0.25) is 3.43 Å². The van der Waals surface area contributed by atoms with Crippen molar-refractivity contribution in [2.45, 2.75) is 68.8 Å². The van der Waals surface area contributed by atoms with Crippen LogP contribution >= 0.6 is 0 Å². The fourth-order valence-electron chi connectivity index (χ4n) is 2.38. The summed E-state index contributed by atoms with van der Waals surface area (Å²) in [4.78, 5) is 34.0. The second-order valence-corrected chi connectivity index (χ2v) is 9.51. The molecule has 1 aliphatic heterocycles. The SMILES string of the molecule is CC(=O)OCC1OC(OC(C)C)[CH]([Hg+])C(OC(C)=O)C1OC(C)=O. The third-order valence-electron chi connectivity index (χ3n) is 3.23. The van der Waals surface area contributed by atoms with E-state index >= 15 is 0 Å². The fraction of sp³-hybridized carbons (Fsp3) is 0.800. The van der Waals surface area contributed by atoms with Gasteiger partial charge in [-0.15, -0.1) is 0 Å². The van der Waals surface area contributed by atoms with Crippen LogP contribution in [0.4, 0.5) is 0 Å². The molecule has 0 amide bonds. The van der Waals surface area contributed by atoms with E-state index in [9.17, 15) is 14.4 Å². The van der Waals surface area contributed by atoms with Gasteiger partial charge in [0.2, 0.25) is 0 Å². The van der Waals surface area contributed by atoms with Crippen LogP contribution in [-0.2, 0) is 64.2 Å². The van der Waals surface area contributed by atoms with E-state index in [1.807, 2.05) is 13.8 Å². The molecule has 5 unspecified atom stereocenters. The zero-order valence-electron chi connectivity index (χ0n) is 14.6. The molecule has 9 heteroatoms. The van der Waals surface area contributed by atoms with Crippen molar-refractivity contribution in [1.29, 1.82) is 0 Å². The third-order valence-corrected chi connectivity index (χ3v) is 6.53. The molecule has 0 N–H and O–H groups in total. The van der Waals surface area contributed by atoms with Crippen molar-refractivity contribution >= 4 is 17.9 Å². The van der Waals surface area contributed by atoms with Crippen molar-refractivity contribution in [2.75, 3.05) is 6.61 Å². The van der Waals surface area contributed by atoms with E-state index in [1.54, 1.807) is 0 Å². The van der Waals surface area contributed by atoms with E-state index in [2.05, 4.69) is 0 Å². The second-order valence-electron chi connectivity index (χ2n) is 5.84. The van der Waals surface area contributed by atoms with Crippen LogP contribution in [0.25, 0.3) is 0 Å². The predicted molar refractivity (Wildman–Crippen MR) is 76.4 cm³/mol. The fourth-order valence-corrected chi connectivity index (χ4v) is 4.66. The number of carbonyl (C=O) groups is 3. The Morgan fingerprint density at radius 3 is 2.00 bits per heavy atom. The Kier molecular flexibility index (Phi) is 8.59. The maximum absolute atomic E-state index is 11.5. The minimum atomic E-state index is -0.847. The predicted octanol–water partition coefficient (Wildman–Crippen LogP) is 0.898. The van der Waals surface area contributed by atoms with E-state index in [1.165, 1.54) is 20.8 Å².